The number of ether oxygens (including phenoxy) is 2. The zero-order valence-corrected chi connectivity index (χ0v) is 11.7. The molecule has 1 aromatic carbocycles. The smallest absolute Gasteiger partial charge is 0.387 e. The van der Waals surface area contributed by atoms with Gasteiger partial charge in [0.2, 0.25) is 0 Å². The molecule has 4 nitrogen and oxygen atoms in total. The average molecular weight is 287 g/mol. The third-order valence-electron chi connectivity index (χ3n) is 2.61. The van der Waals surface area contributed by atoms with Gasteiger partial charge in [-0.3, -0.25) is 0 Å². The maximum absolute atomic E-state index is 12.0. The highest BCUT2D eigenvalue weighted by molar-refractivity contribution is 5.79. The molecule has 1 rings (SSSR count). The van der Waals surface area contributed by atoms with Gasteiger partial charge >= 0.3 is 12.6 Å². The second kappa shape index (κ2) is 7.67. The van der Waals surface area contributed by atoms with E-state index in [-0.39, 0.29) is 17.6 Å². The summed E-state index contributed by atoms with van der Waals surface area (Å²) < 4.78 is 33.3. The Morgan fingerprint density at radius 2 is 1.85 bits per heavy atom. The van der Waals surface area contributed by atoms with Gasteiger partial charge in [0.1, 0.15) is 11.8 Å². The van der Waals surface area contributed by atoms with Crippen molar-refractivity contribution in [1.82, 2.24) is 0 Å². The maximum atomic E-state index is 12.0. The minimum atomic E-state index is -2.85. The quantitative estimate of drug-likeness (QED) is 0.782. The van der Waals surface area contributed by atoms with Crippen LogP contribution in [0.3, 0.4) is 0 Å². The van der Waals surface area contributed by atoms with Crippen molar-refractivity contribution in [2.24, 2.45) is 5.92 Å². The number of hydrogen-bond donors (Lipinski definition) is 1. The number of nitrogens with one attached hydrogen (secondary N) is 1. The molecule has 0 bridgehead atoms. The van der Waals surface area contributed by atoms with Crippen molar-refractivity contribution in [3.05, 3.63) is 24.3 Å². The zero-order valence-electron chi connectivity index (χ0n) is 11.7. The summed E-state index contributed by atoms with van der Waals surface area (Å²) in [5.41, 5.74) is 0.637. The topological polar surface area (TPSA) is 47.6 Å². The van der Waals surface area contributed by atoms with Crippen LogP contribution in [0.15, 0.2) is 24.3 Å². The number of halogens is 2. The van der Waals surface area contributed by atoms with Crippen molar-refractivity contribution in [2.45, 2.75) is 33.4 Å². The van der Waals surface area contributed by atoms with Crippen molar-refractivity contribution in [1.29, 1.82) is 0 Å². The summed E-state index contributed by atoms with van der Waals surface area (Å²) in [5.74, 6) is -0.232. The van der Waals surface area contributed by atoms with E-state index in [9.17, 15) is 13.6 Å². The van der Waals surface area contributed by atoms with E-state index in [1.165, 1.54) is 12.1 Å². The molecule has 0 aliphatic rings. The lowest BCUT2D eigenvalue weighted by Crippen LogP contribution is -2.36. The molecule has 0 heterocycles. The summed E-state index contributed by atoms with van der Waals surface area (Å²) in [7, 11) is 0. The number of esters is 1. The molecule has 0 spiro atoms. The van der Waals surface area contributed by atoms with Gasteiger partial charge in [-0.2, -0.15) is 8.78 Å². The predicted octanol–water partition coefficient (Wildman–Crippen LogP) is 3.29. The Morgan fingerprint density at radius 3 is 2.30 bits per heavy atom. The average Bonchev–Trinajstić information content (AvgIpc) is 2.37. The van der Waals surface area contributed by atoms with Gasteiger partial charge in [0, 0.05) is 5.69 Å². The molecule has 1 atom stereocenters. The number of hydrogen-bond acceptors (Lipinski definition) is 4. The highest BCUT2D eigenvalue weighted by atomic mass is 19.3. The fourth-order valence-electron chi connectivity index (χ4n) is 1.64. The molecule has 20 heavy (non-hydrogen) atoms. The SMILES string of the molecule is CCOC(=O)C(Nc1ccc(OC(F)F)cc1)C(C)C. The van der Waals surface area contributed by atoms with Crippen LogP contribution in [0.25, 0.3) is 0 Å². The lowest BCUT2D eigenvalue weighted by atomic mass is 10.0. The summed E-state index contributed by atoms with van der Waals surface area (Å²) in [5, 5.41) is 3.03. The van der Waals surface area contributed by atoms with Crippen LogP contribution in [0.1, 0.15) is 20.8 Å². The Balaban J connectivity index is 2.71. The normalized spacial score (nSPS) is 12.3. The lowest BCUT2D eigenvalue weighted by molar-refractivity contribution is -0.145. The Hall–Kier alpha value is -1.85. The van der Waals surface area contributed by atoms with Crippen LogP contribution in [0, 0.1) is 5.92 Å². The Bertz CT molecular complexity index is 421. The van der Waals surface area contributed by atoms with Gasteiger partial charge < -0.3 is 14.8 Å². The fourth-order valence-corrected chi connectivity index (χ4v) is 1.64. The minimum absolute atomic E-state index is 0.0334. The first kappa shape index (κ1) is 16.2. The Labute approximate surface area is 117 Å². The van der Waals surface area contributed by atoms with Crippen LogP contribution in [0.2, 0.25) is 0 Å². The van der Waals surface area contributed by atoms with Gasteiger partial charge in [-0.15, -0.1) is 0 Å². The van der Waals surface area contributed by atoms with Gasteiger partial charge in [-0.05, 0) is 37.1 Å². The summed E-state index contributed by atoms with van der Waals surface area (Å²) in [4.78, 5) is 11.8. The monoisotopic (exact) mass is 287 g/mol. The molecule has 0 aliphatic heterocycles. The Morgan fingerprint density at radius 1 is 1.25 bits per heavy atom. The highest BCUT2D eigenvalue weighted by Crippen LogP contribution is 2.20. The van der Waals surface area contributed by atoms with Crippen molar-refractivity contribution in [3.8, 4) is 5.75 Å². The molecule has 0 fully saturated rings. The van der Waals surface area contributed by atoms with Crippen molar-refractivity contribution in [2.75, 3.05) is 11.9 Å². The summed E-state index contributed by atoms with van der Waals surface area (Å²) in [6.07, 6.45) is 0. The molecule has 6 heteroatoms. The second-order valence-corrected chi connectivity index (χ2v) is 4.52. The molecular weight excluding hydrogens is 268 g/mol. The van der Waals surface area contributed by atoms with Crippen LogP contribution >= 0.6 is 0 Å². The molecule has 112 valence electrons. The minimum Gasteiger partial charge on any atom is -0.464 e. The van der Waals surface area contributed by atoms with Crippen molar-refractivity contribution >= 4 is 11.7 Å². The van der Waals surface area contributed by atoms with Crippen LogP contribution in [-0.4, -0.2) is 25.2 Å². The maximum Gasteiger partial charge on any atom is 0.387 e. The molecule has 0 amide bonds. The van der Waals surface area contributed by atoms with E-state index in [2.05, 4.69) is 10.1 Å². The van der Waals surface area contributed by atoms with Gasteiger partial charge in [0.15, 0.2) is 0 Å². The van der Waals surface area contributed by atoms with Crippen LogP contribution in [0.4, 0.5) is 14.5 Å². The van der Waals surface area contributed by atoms with Gasteiger partial charge in [0.05, 0.1) is 6.61 Å². The van der Waals surface area contributed by atoms with Crippen LogP contribution in [-0.2, 0) is 9.53 Å². The second-order valence-electron chi connectivity index (χ2n) is 4.52. The molecule has 0 saturated heterocycles. The first-order valence-electron chi connectivity index (χ1n) is 6.42. The van der Waals surface area contributed by atoms with Crippen LogP contribution < -0.4 is 10.1 Å². The number of carbonyl (C=O) groups excluding carboxylic acids is 1. The first-order chi connectivity index (χ1) is 9.43. The lowest BCUT2D eigenvalue weighted by Gasteiger charge is -2.21. The van der Waals surface area contributed by atoms with E-state index in [1.807, 2.05) is 13.8 Å². The molecule has 0 aromatic heterocycles. The van der Waals surface area contributed by atoms with Crippen molar-refractivity contribution < 1.29 is 23.0 Å². The van der Waals surface area contributed by atoms with Gasteiger partial charge in [-0.25, -0.2) is 4.79 Å². The summed E-state index contributed by atoms with van der Waals surface area (Å²) >= 11 is 0. The number of benzene rings is 1. The third kappa shape index (κ3) is 5.03. The van der Waals surface area contributed by atoms with E-state index in [0.717, 1.165) is 0 Å². The molecular formula is C14H19F2NO3. The number of alkyl halides is 2. The van der Waals surface area contributed by atoms with E-state index < -0.39 is 12.7 Å². The standard InChI is InChI=1S/C14H19F2NO3/c1-4-19-13(18)12(9(2)3)17-10-5-7-11(8-6-10)20-14(15)16/h5-9,12,14,17H,4H2,1-3H3. The first-order valence-corrected chi connectivity index (χ1v) is 6.42. The largest absolute Gasteiger partial charge is 0.464 e. The fraction of sp³-hybridized carbons (Fsp3) is 0.500. The van der Waals surface area contributed by atoms with Crippen molar-refractivity contribution in [3.63, 3.8) is 0 Å². The van der Waals surface area contributed by atoms with Crippen LogP contribution in [0.5, 0.6) is 5.75 Å². The summed E-state index contributed by atoms with van der Waals surface area (Å²) in [6, 6.07) is 5.49. The number of rotatable bonds is 7. The molecule has 1 aromatic rings. The predicted molar refractivity (Wildman–Crippen MR) is 72.0 cm³/mol. The molecule has 0 saturated carbocycles. The zero-order chi connectivity index (χ0) is 15.1. The number of carbonyl (C=O) groups is 1. The van der Waals surface area contributed by atoms with Gasteiger partial charge in [-0.1, -0.05) is 13.8 Å². The Kier molecular flexibility index (Phi) is 6.21. The molecule has 1 unspecified atom stereocenters. The summed E-state index contributed by atoms with van der Waals surface area (Å²) in [6.45, 7) is 2.99. The van der Waals surface area contributed by atoms with E-state index in [1.54, 1.807) is 19.1 Å². The van der Waals surface area contributed by atoms with E-state index in [0.29, 0.717) is 12.3 Å². The van der Waals surface area contributed by atoms with E-state index in [4.69, 9.17) is 4.74 Å². The molecule has 0 radical (unpaired) electrons. The molecule has 0 aliphatic carbocycles. The van der Waals surface area contributed by atoms with Gasteiger partial charge in [0.25, 0.3) is 0 Å². The number of anilines is 1. The van der Waals surface area contributed by atoms with E-state index >= 15 is 0 Å². The highest BCUT2D eigenvalue weighted by Gasteiger charge is 2.23. The third-order valence-corrected chi connectivity index (χ3v) is 2.61. The molecule has 1 N–H and O–H groups in total.